The Morgan fingerprint density at radius 2 is 1.90 bits per heavy atom. The van der Waals surface area contributed by atoms with Crippen molar-refractivity contribution in [2.45, 2.75) is 13.0 Å². The van der Waals surface area contributed by atoms with Crippen molar-refractivity contribution in [3.63, 3.8) is 0 Å². The summed E-state index contributed by atoms with van der Waals surface area (Å²) >= 11 is 0. The average Bonchev–Trinajstić information content (AvgIpc) is 3.26. The van der Waals surface area contributed by atoms with Gasteiger partial charge in [-0.15, -0.1) is 0 Å². The molecule has 0 saturated carbocycles. The number of aromatic nitrogens is 6. The van der Waals surface area contributed by atoms with Crippen LogP contribution in [0.25, 0.3) is 33.5 Å². The highest BCUT2D eigenvalue weighted by Crippen LogP contribution is 2.30. The van der Waals surface area contributed by atoms with Crippen molar-refractivity contribution in [2.75, 3.05) is 0 Å². The first-order chi connectivity index (χ1) is 15.0. The third kappa shape index (κ3) is 3.45. The van der Waals surface area contributed by atoms with Crippen LogP contribution >= 0.6 is 0 Å². The fraction of sp³-hybridized carbons (Fsp3) is 0.143. The molecule has 0 unspecified atom stereocenters. The number of nitrogens with zero attached hydrogens (tertiary/aromatic N) is 6. The Morgan fingerprint density at radius 3 is 2.65 bits per heavy atom. The van der Waals surface area contributed by atoms with E-state index in [2.05, 4.69) is 20.1 Å². The number of hydrogen-bond acceptors (Lipinski definition) is 5. The van der Waals surface area contributed by atoms with E-state index in [0.29, 0.717) is 39.7 Å². The van der Waals surface area contributed by atoms with E-state index in [-0.39, 0.29) is 5.52 Å². The summed E-state index contributed by atoms with van der Waals surface area (Å²) in [5.74, 6) is -0.0902. The molecule has 7 nitrogen and oxygen atoms in total. The number of pyridine rings is 2. The Bertz CT molecular complexity index is 1390. The molecule has 5 rings (SSSR count). The van der Waals surface area contributed by atoms with E-state index in [9.17, 15) is 13.2 Å². The van der Waals surface area contributed by atoms with Crippen LogP contribution in [0.15, 0.2) is 54.9 Å². The number of rotatable bonds is 5. The van der Waals surface area contributed by atoms with Gasteiger partial charge in [0.2, 0.25) is 0 Å². The average molecular weight is 424 g/mol. The predicted octanol–water partition coefficient (Wildman–Crippen LogP) is 4.58. The first-order valence-electron chi connectivity index (χ1n) is 9.35. The molecule has 10 heteroatoms. The maximum atomic E-state index is 13.6. The van der Waals surface area contributed by atoms with Gasteiger partial charge in [0.15, 0.2) is 5.65 Å². The summed E-state index contributed by atoms with van der Waals surface area (Å²) in [6, 6.07) is 12.1. The van der Waals surface area contributed by atoms with Crippen LogP contribution in [0.1, 0.15) is 0 Å². The molecule has 0 spiro atoms. The highest BCUT2D eigenvalue weighted by molar-refractivity contribution is 5.90. The summed E-state index contributed by atoms with van der Waals surface area (Å²) in [6.45, 7) is -0.649. The van der Waals surface area contributed by atoms with Crippen molar-refractivity contribution in [3.05, 3.63) is 60.7 Å². The Kier molecular flexibility index (Phi) is 4.54. The fourth-order valence-electron chi connectivity index (χ4n) is 3.37. The molecular weight excluding hydrogens is 409 g/mol. The van der Waals surface area contributed by atoms with Crippen molar-refractivity contribution in [3.8, 4) is 23.0 Å². The van der Waals surface area contributed by atoms with Gasteiger partial charge in [0, 0.05) is 24.9 Å². The number of hydrogen-bond donors (Lipinski definition) is 0. The van der Waals surface area contributed by atoms with Gasteiger partial charge in [-0.1, -0.05) is 0 Å². The summed E-state index contributed by atoms with van der Waals surface area (Å²) in [6.07, 6.45) is 0.0927. The minimum Gasteiger partial charge on any atom is -0.425 e. The second kappa shape index (κ2) is 7.38. The molecule has 0 amide bonds. The number of aryl methyl sites for hydroxylation is 1. The molecule has 0 N–H and O–H groups in total. The van der Waals surface area contributed by atoms with Crippen LogP contribution in [0.2, 0.25) is 0 Å². The third-order valence-electron chi connectivity index (χ3n) is 4.79. The molecular formula is C21H15F3N6O. The van der Waals surface area contributed by atoms with Crippen molar-refractivity contribution >= 4 is 22.2 Å². The predicted molar refractivity (Wildman–Crippen MR) is 108 cm³/mol. The minimum atomic E-state index is -2.63. The Hall–Kier alpha value is -3.95. The zero-order chi connectivity index (χ0) is 21.5. The zero-order valence-corrected chi connectivity index (χ0v) is 16.2. The van der Waals surface area contributed by atoms with Gasteiger partial charge in [-0.3, -0.25) is 9.25 Å². The SMILES string of the molecule is Cn1c(Oc2ccc(-c3nn(CC(F)F)c4cc(F)cnc34)cc2)nc2cccnc21. The summed E-state index contributed by atoms with van der Waals surface area (Å²) in [5, 5.41) is 4.24. The molecule has 0 aliphatic rings. The third-order valence-corrected chi connectivity index (χ3v) is 4.79. The second-order valence-corrected chi connectivity index (χ2v) is 6.87. The summed E-state index contributed by atoms with van der Waals surface area (Å²) in [4.78, 5) is 12.7. The van der Waals surface area contributed by atoms with Crippen LogP contribution in [-0.4, -0.2) is 35.7 Å². The van der Waals surface area contributed by atoms with Crippen LogP contribution in [0.4, 0.5) is 13.2 Å². The monoisotopic (exact) mass is 424 g/mol. The van der Waals surface area contributed by atoms with Gasteiger partial charge in [-0.05, 0) is 36.4 Å². The summed E-state index contributed by atoms with van der Waals surface area (Å²) < 4.78 is 48.1. The van der Waals surface area contributed by atoms with Gasteiger partial charge in [0.05, 0.1) is 11.7 Å². The maximum absolute atomic E-state index is 13.6. The molecule has 4 aromatic heterocycles. The zero-order valence-electron chi connectivity index (χ0n) is 16.2. The van der Waals surface area contributed by atoms with Crippen molar-refractivity contribution in [1.82, 2.24) is 29.3 Å². The van der Waals surface area contributed by atoms with Crippen LogP contribution < -0.4 is 4.74 Å². The van der Waals surface area contributed by atoms with Gasteiger partial charge in [0.1, 0.15) is 34.8 Å². The molecule has 0 fully saturated rings. The first-order valence-corrected chi connectivity index (χ1v) is 9.35. The lowest BCUT2D eigenvalue weighted by molar-refractivity contribution is 0.123. The Morgan fingerprint density at radius 1 is 1.10 bits per heavy atom. The Labute approximate surface area is 173 Å². The van der Waals surface area contributed by atoms with Gasteiger partial charge in [-0.2, -0.15) is 10.1 Å². The number of halogens is 3. The lowest BCUT2D eigenvalue weighted by Crippen LogP contribution is -2.08. The number of ether oxygens (including phenoxy) is 1. The van der Waals surface area contributed by atoms with E-state index < -0.39 is 18.8 Å². The van der Waals surface area contributed by atoms with E-state index in [1.165, 1.54) is 0 Å². The fourth-order valence-corrected chi connectivity index (χ4v) is 3.37. The van der Waals surface area contributed by atoms with Crippen LogP contribution in [-0.2, 0) is 13.6 Å². The molecule has 0 atom stereocenters. The molecule has 1 aromatic carbocycles. The van der Waals surface area contributed by atoms with E-state index >= 15 is 0 Å². The number of fused-ring (bicyclic) bond motifs is 2. The number of alkyl halides is 2. The quantitative estimate of drug-likeness (QED) is 0.413. The Balaban J connectivity index is 1.48. The minimum absolute atomic E-state index is 0.211. The molecule has 0 radical (unpaired) electrons. The first kappa shape index (κ1) is 19.0. The smallest absolute Gasteiger partial charge is 0.303 e. The van der Waals surface area contributed by atoms with E-state index in [0.717, 1.165) is 16.9 Å². The highest BCUT2D eigenvalue weighted by Gasteiger charge is 2.17. The van der Waals surface area contributed by atoms with Crippen molar-refractivity contribution in [1.29, 1.82) is 0 Å². The molecule has 5 aromatic rings. The van der Waals surface area contributed by atoms with Gasteiger partial charge in [-0.25, -0.2) is 23.1 Å². The molecule has 31 heavy (non-hydrogen) atoms. The largest absolute Gasteiger partial charge is 0.425 e. The topological polar surface area (TPSA) is 70.7 Å². The van der Waals surface area contributed by atoms with Crippen molar-refractivity contribution < 1.29 is 17.9 Å². The normalized spacial score (nSPS) is 11.6. The van der Waals surface area contributed by atoms with Gasteiger partial charge >= 0.3 is 6.01 Å². The van der Waals surface area contributed by atoms with Gasteiger partial charge in [0.25, 0.3) is 6.43 Å². The van der Waals surface area contributed by atoms with E-state index in [1.807, 2.05) is 6.07 Å². The molecule has 156 valence electrons. The van der Waals surface area contributed by atoms with E-state index in [1.54, 1.807) is 48.1 Å². The number of benzene rings is 1. The standard InChI is InChI=1S/C21H15F3N6O/c1-29-20-15(3-2-8-25-20)27-21(29)31-14-6-4-12(5-7-14)18-19-16(9-13(22)10-26-19)30(28-18)11-17(23)24/h2-10,17H,11H2,1H3. The van der Waals surface area contributed by atoms with E-state index in [4.69, 9.17) is 4.74 Å². The van der Waals surface area contributed by atoms with Crippen molar-refractivity contribution in [2.24, 2.45) is 7.05 Å². The molecule has 0 aliphatic heterocycles. The summed E-state index contributed by atoms with van der Waals surface area (Å²) in [7, 11) is 1.80. The van der Waals surface area contributed by atoms with Gasteiger partial charge < -0.3 is 4.74 Å². The molecule has 0 saturated heterocycles. The molecule has 4 heterocycles. The molecule has 0 aliphatic carbocycles. The lowest BCUT2D eigenvalue weighted by atomic mass is 10.1. The number of imidazole rings is 1. The second-order valence-electron chi connectivity index (χ2n) is 6.87. The molecule has 0 bridgehead atoms. The summed E-state index contributed by atoms with van der Waals surface area (Å²) in [5.41, 5.74) is 2.99. The van der Waals surface area contributed by atoms with Crippen LogP contribution in [0.3, 0.4) is 0 Å². The van der Waals surface area contributed by atoms with Crippen LogP contribution in [0, 0.1) is 5.82 Å². The maximum Gasteiger partial charge on any atom is 0.303 e. The van der Waals surface area contributed by atoms with Crippen LogP contribution in [0.5, 0.6) is 11.8 Å². The highest BCUT2D eigenvalue weighted by atomic mass is 19.3. The lowest BCUT2D eigenvalue weighted by Gasteiger charge is -2.05.